The van der Waals surface area contributed by atoms with E-state index in [2.05, 4.69) is 4.90 Å². The summed E-state index contributed by atoms with van der Waals surface area (Å²) < 4.78 is 5.70. The summed E-state index contributed by atoms with van der Waals surface area (Å²) in [7, 11) is 0. The average Bonchev–Trinajstić information content (AvgIpc) is 2.71. The number of fused-ring (bicyclic) bond motifs is 1. The van der Waals surface area contributed by atoms with E-state index in [9.17, 15) is 9.90 Å². The Hall–Kier alpha value is -2.49. The summed E-state index contributed by atoms with van der Waals surface area (Å²) >= 11 is 0. The maximum atomic E-state index is 12.4. The molecule has 0 fully saturated rings. The van der Waals surface area contributed by atoms with Gasteiger partial charge in [-0.05, 0) is 42.8 Å². The van der Waals surface area contributed by atoms with E-state index in [1.165, 1.54) is 12.1 Å². The van der Waals surface area contributed by atoms with Crippen LogP contribution < -0.4 is 9.64 Å². The van der Waals surface area contributed by atoms with Gasteiger partial charge in [-0.15, -0.1) is 0 Å². The number of hydrogen-bond donors (Lipinski definition) is 1. The van der Waals surface area contributed by atoms with Gasteiger partial charge in [-0.1, -0.05) is 12.1 Å². The fraction of sp³-hybridized carbons (Fsp3) is 0.235. The maximum absolute atomic E-state index is 12.4. The molecule has 3 rings (SSSR count). The Morgan fingerprint density at radius 3 is 2.71 bits per heavy atom. The van der Waals surface area contributed by atoms with E-state index in [4.69, 9.17) is 4.74 Å². The molecule has 0 aliphatic carbocycles. The van der Waals surface area contributed by atoms with Crippen LogP contribution in [0.2, 0.25) is 0 Å². The molecule has 0 bridgehead atoms. The number of phenols is 1. The lowest BCUT2D eigenvalue weighted by molar-refractivity contribution is 0.0999. The molecule has 2 aromatic rings. The maximum Gasteiger partial charge on any atom is 0.182 e. The zero-order chi connectivity index (χ0) is 14.7. The second-order valence-electron chi connectivity index (χ2n) is 5.06. The lowest BCUT2D eigenvalue weighted by atomic mass is 10.1. The molecule has 0 spiro atoms. The second kappa shape index (κ2) is 5.87. The molecule has 0 radical (unpaired) electrons. The van der Waals surface area contributed by atoms with E-state index in [1.807, 2.05) is 24.3 Å². The summed E-state index contributed by atoms with van der Waals surface area (Å²) in [5.74, 6) is 1.03. The van der Waals surface area contributed by atoms with Crippen molar-refractivity contribution in [3.05, 3.63) is 54.1 Å². The van der Waals surface area contributed by atoms with Gasteiger partial charge in [0.25, 0.3) is 0 Å². The minimum atomic E-state index is 0.0340. The molecule has 2 aromatic carbocycles. The fourth-order valence-corrected chi connectivity index (χ4v) is 2.47. The second-order valence-corrected chi connectivity index (χ2v) is 5.06. The van der Waals surface area contributed by atoms with Crippen molar-refractivity contribution in [2.24, 2.45) is 0 Å². The molecule has 108 valence electrons. The van der Waals surface area contributed by atoms with E-state index in [0.29, 0.717) is 18.7 Å². The van der Waals surface area contributed by atoms with Gasteiger partial charge in [-0.3, -0.25) is 4.79 Å². The van der Waals surface area contributed by atoms with Crippen molar-refractivity contribution in [2.75, 3.05) is 24.6 Å². The van der Waals surface area contributed by atoms with Gasteiger partial charge in [-0.2, -0.15) is 0 Å². The molecule has 1 aliphatic heterocycles. The number of rotatable bonds is 3. The van der Waals surface area contributed by atoms with Crippen molar-refractivity contribution in [1.29, 1.82) is 0 Å². The van der Waals surface area contributed by atoms with Crippen LogP contribution in [0.15, 0.2) is 48.5 Å². The lowest BCUT2D eigenvalue weighted by Gasteiger charge is -2.22. The molecule has 21 heavy (non-hydrogen) atoms. The van der Waals surface area contributed by atoms with E-state index >= 15 is 0 Å². The van der Waals surface area contributed by atoms with Crippen LogP contribution in [0, 0.1) is 0 Å². The standard InChI is InChI=1S/C17H17NO3/c19-14-8-6-13(7-9-14)16(20)12-18-10-3-11-21-17-5-2-1-4-15(17)18/h1-2,4-9,19H,3,10-12H2. The molecule has 1 heterocycles. The number of ketones is 1. The number of ether oxygens (including phenoxy) is 1. The minimum absolute atomic E-state index is 0.0340. The van der Waals surface area contributed by atoms with Crippen LogP contribution in [-0.4, -0.2) is 30.6 Å². The number of anilines is 1. The van der Waals surface area contributed by atoms with Crippen LogP contribution in [0.25, 0.3) is 0 Å². The summed E-state index contributed by atoms with van der Waals surface area (Å²) in [5, 5.41) is 9.29. The Morgan fingerprint density at radius 1 is 1.14 bits per heavy atom. The molecule has 0 saturated carbocycles. The summed E-state index contributed by atoms with van der Waals surface area (Å²) in [6, 6.07) is 14.2. The van der Waals surface area contributed by atoms with Crippen LogP contribution >= 0.6 is 0 Å². The van der Waals surface area contributed by atoms with Gasteiger partial charge in [0.1, 0.15) is 11.5 Å². The van der Waals surface area contributed by atoms with Crippen molar-refractivity contribution in [2.45, 2.75) is 6.42 Å². The third-order valence-corrected chi connectivity index (χ3v) is 3.56. The highest BCUT2D eigenvalue weighted by Crippen LogP contribution is 2.30. The first-order valence-electron chi connectivity index (χ1n) is 7.03. The SMILES string of the molecule is O=C(CN1CCCOc2ccccc21)c1ccc(O)cc1. The van der Waals surface area contributed by atoms with Crippen LogP contribution in [0.1, 0.15) is 16.8 Å². The Kier molecular flexibility index (Phi) is 3.77. The first kappa shape index (κ1) is 13.5. The molecule has 0 unspecified atom stereocenters. The Bertz CT molecular complexity index is 637. The predicted octanol–water partition coefficient (Wildman–Crippen LogP) is 2.86. The van der Waals surface area contributed by atoms with Gasteiger partial charge in [0.05, 0.1) is 18.8 Å². The number of Topliss-reactive ketones (excluding diaryl/α,β-unsaturated/α-hetero) is 1. The molecule has 0 saturated heterocycles. The highest BCUT2D eigenvalue weighted by atomic mass is 16.5. The molecule has 0 aromatic heterocycles. The monoisotopic (exact) mass is 283 g/mol. The van der Waals surface area contributed by atoms with Crippen molar-refractivity contribution in [3.63, 3.8) is 0 Å². The molecule has 1 N–H and O–H groups in total. The van der Waals surface area contributed by atoms with E-state index in [-0.39, 0.29) is 11.5 Å². The van der Waals surface area contributed by atoms with E-state index in [0.717, 1.165) is 24.4 Å². The zero-order valence-corrected chi connectivity index (χ0v) is 11.7. The molecular weight excluding hydrogens is 266 g/mol. The molecular formula is C17H17NO3. The summed E-state index contributed by atoms with van der Waals surface area (Å²) in [6.45, 7) is 1.77. The van der Waals surface area contributed by atoms with Gasteiger partial charge in [0.2, 0.25) is 0 Å². The number of nitrogens with zero attached hydrogens (tertiary/aromatic N) is 1. The van der Waals surface area contributed by atoms with Gasteiger partial charge in [0, 0.05) is 12.1 Å². The molecule has 4 nitrogen and oxygen atoms in total. The first-order valence-corrected chi connectivity index (χ1v) is 7.03. The average molecular weight is 283 g/mol. The van der Waals surface area contributed by atoms with Crippen LogP contribution in [0.5, 0.6) is 11.5 Å². The number of phenolic OH excluding ortho intramolecular Hbond substituents is 1. The van der Waals surface area contributed by atoms with Crippen LogP contribution in [0.3, 0.4) is 0 Å². The summed E-state index contributed by atoms with van der Waals surface area (Å²) in [5.41, 5.74) is 1.57. The number of para-hydroxylation sites is 2. The van der Waals surface area contributed by atoms with Gasteiger partial charge >= 0.3 is 0 Å². The third-order valence-electron chi connectivity index (χ3n) is 3.56. The van der Waals surface area contributed by atoms with Crippen molar-refractivity contribution >= 4 is 11.5 Å². The highest BCUT2D eigenvalue weighted by Gasteiger charge is 2.19. The molecule has 0 amide bonds. The Labute approximate surface area is 123 Å². The normalized spacial score (nSPS) is 14.0. The third kappa shape index (κ3) is 2.99. The largest absolute Gasteiger partial charge is 0.508 e. The summed E-state index contributed by atoms with van der Waals surface area (Å²) in [4.78, 5) is 14.4. The lowest BCUT2D eigenvalue weighted by Crippen LogP contribution is -2.30. The van der Waals surface area contributed by atoms with Crippen molar-refractivity contribution in [1.82, 2.24) is 0 Å². The van der Waals surface area contributed by atoms with E-state index < -0.39 is 0 Å². The molecule has 1 aliphatic rings. The number of aromatic hydroxyl groups is 1. The molecule has 0 atom stereocenters. The fourth-order valence-electron chi connectivity index (χ4n) is 2.47. The smallest absolute Gasteiger partial charge is 0.182 e. The van der Waals surface area contributed by atoms with Crippen molar-refractivity contribution in [3.8, 4) is 11.5 Å². The minimum Gasteiger partial charge on any atom is -0.508 e. The predicted molar refractivity (Wildman–Crippen MR) is 81.2 cm³/mol. The molecule has 4 heteroatoms. The number of hydrogen-bond acceptors (Lipinski definition) is 4. The first-order chi connectivity index (χ1) is 10.2. The highest BCUT2D eigenvalue weighted by molar-refractivity contribution is 5.99. The number of carbonyl (C=O) groups is 1. The van der Waals surface area contributed by atoms with E-state index in [1.54, 1.807) is 12.1 Å². The number of benzene rings is 2. The van der Waals surface area contributed by atoms with Crippen LogP contribution in [0.4, 0.5) is 5.69 Å². The van der Waals surface area contributed by atoms with Crippen LogP contribution in [-0.2, 0) is 0 Å². The van der Waals surface area contributed by atoms with Gasteiger partial charge < -0.3 is 14.7 Å². The van der Waals surface area contributed by atoms with Gasteiger partial charge in [-0.25, -0.2) is 0 Å². The topological polar surface area (TPSA) is 49.8 Å². The van der Waals surface area contributed by atoms with Gasteiger partial charge in [0.15, 0.2) is 5.78 Å². The Morgan fingerprint density at radius 2 is 1.90 bits per heavy atom. The van der Waals surface area contributed by atoms with Crippen molar-refractivity contribution < 1.29 is 14.6 Å². The Balaban J connectivity index is 1.81. The quantitative estimate of drug-likeness (QED) is 0.880. The number of carbonyl (C=O) groups excluding carboxylic acids is 1. The zero-order valence-electron chi connectivity index (χ0n) is 11.7. The summed E-state index contributed by atoms with van der Waals surface area (Å²) in [6.07, 6.45) is 0.886.